The van der Waals surface area contributed by atoms with Crippen LogP contribution in [0.15, 0.2) is 24.3 Å². The van der Waals surface area contributed by atoms with Gasteiger partial charge in [0.2, 0.25) is 0 Å². The molecule has 2 atom stereocenters. The fourth-order valence-electron chi connectivity index (χ4n) is 2.63. The molecule has 31 heavy (non-hydrogen) atoms. The van der Waals surface area contributed by atoms with E-state index in [0.29, 0.717) is 12.8 Å². The number of ether oxygens (including phenoxy) is 1. The number of aliphatic hydroxyl groups excluding tert-OH is 1. The second-order valence-corrected chi connectivity index (χ2v) is 8.59. The molecule has 0 aliphatic heterocycles. The first kappa shape index (κ1) is 29.9. The highest BCUT2D eigenvalue weighted by molar-refractivity contribution is 7.46. The molecule has 4 N–H and O–H groups in total. The van der Waals surface area contributed by atoms with Crippen molar-refractivity contribution in [2.45, 2.75) is 89.8 Å². The molecule has 182 valence electrons. The van der Waals surface area contributed by atoms with Crippen molar-refractivity contribution in [2.24, 2.45) is 0 Å². The van der Waals surface area contributed by atoms with Gasteiger partial charge in [-0.05, 0) is 32.1 Å². The molecule has 0 bridgehead atoms. The molecule has 0 aromatic heterocycles. The number of phosphoric ester groups is 1. The van der Waals surface area contributed by atoms with E-state index in [1.165, 1.54) is 0 Å². The highest BCUT2D eigenvalue weighted by Crippen LogP contribution is 2.35. The lowest BCUT2D eigenvalue weighted by Crippen LogP contribution is -2.23. The maximum absolute atomic E-state index is 11.6. The van der Waals surface area contributed by atoms with Gasteiger partial charge in [-0.15, -0.1) is 0 Å². The Balaban J connectivity index is 3.61. The number of carbonyl (C=O) groups excluding carboxylic acids is 1. The lowest BCUT2D eigenvalue weighted by Gasteiger charge is -2.12. The molecule has 0 aromatic carbocycles. The predicted molar refractivity (Wildman–Crippen MR) is 117 cm³/mol. The summed E-state index contributed by atoms with van der Waals surface area (Å²) in [5.41, 5.74) is 0. The van der Waals surface area contributed by atoms with E-state index >= 15 is 0 Å². The second-order valence-electron chi connectivity index (χ2n) is 7.35. The number of rotatable bonds is 20. The molecule has 0 saturated heterocycles. The third-order valence-electron chi connectivity index (χ3n) is 4.37. The van der Waals surface area contributed by atoms with Gasteiger partial charge in [0.1, 0.15) is 18.8 Å². The Kier molecular flexibility index (Phi) is 18.9. The van der Waals surface area contributed by atoms with Gasteiger partial charge in [-0.1, -0.05) is 63.3 Å². The van der Waals surface area contributed by atoms with Crippen molar-refractivity contribution < 1.29 is 43.7 Å². The summed E-state index contributed by atoms with van der Waals surface area (Å²) in [5.74, 6) is -0.456. The molecule has 1 unspecified atom stereocenters. The molecule has 0 aromatic rings. The predicted octanol–water partition coefficient (Wildman–Crippen LogP) is 4.28. The number of esters is 1. The average molecular weight is 467 g/mol. The number of unbranched alkanes of at least 4 members (excludes halogenated alkanes) is 7. The Morgan fingerprint density at radius 3 is 2.32 bits per heavy atom. The Bertz CT molecular complexity index is 545. The second kappa shape index (κ2) is 19.6. The van der Waals surface area contributed by atoms with Gasteiger partial charge in [0.25, 0.3) is 0 Å². The highest BCUT2D eigenvalue weighted by atomic mass is 31.2. The van der Waals surface area contributed by atoms with Gasteiger partial charge >= 0.3 is 13.8 Å². The first-order chi connectivity index (χ1) is 14.8. The van der Waals surface area contributed by atoms with Crippen LogP contribution >= 0.6 is 7.82 Å². The smallest absolute Gasteiger partial charge is 0.463 e. The third-order valence-corrected chi connectivity index (χ3v) is 4.85. The van der Waals surface area contributed by atoms with Crippen LogP contribution in [-0.2, 0) is 23.5 Å². The molecule has 0 aliphatic carbocycles. The van der Waals surface area contributed by atoms with Crippen molar-refractivity contribution in [3.63, 3.8) is 0 Å². The van der Waals surface area contributed by atoms with Gasteiger partial charge in [-0.3, -0.25) is 14.6 Å². The Morgan fingerprint density at radius 1 is 0.968 bits per heavy atom. The maximum atomic E-state index is 11.6. The van der Waals surface area contributed by atoms with Crippen LogP contribution in [0, 0.1) is 0 Å². The summed E-state index contributed by atoms with van der Waals surface area (Å²) in [6, 6.07) is 0. The zero-order chi connectivity index (χ0) is 23.4. The Morgan fingerprint density at radius 2 is 1.65 bits per heavy atom. The van der Waals surface area contributed by atoms with Crippen LogP contribution in [0.1, 0.15) is 77.6 Å². The van der Waals surface area contributed by atoms with Crippen LogP contribution in [0.25, 0.3) is 0 Å². The lowest BCUT2D eigenvalue weighted by molar-refractivity contribution is -0.264. The zero-order valence-corrected chi connectivity index (χ0v) is 19.3. The SMILES string of the molecule is CCCCC=CC(CC=CCCCCCCCC(=O)OC[C@H](O)COP(=O)(O)O)OO. The van der Waals surface area contributed by atoms with Gasteiger partial charge < -0.3 is 19.6 Å². The standard InChI is InChI=1S/C21H39O9P/c1-2-3-4-11-14-20(30-24)15-12-9-7-5-6-8-10-13-16-21(23)28-17-19(22)18-29-31(25,26)27/h9,11-12,14,19-20,22,24H,2-8,10,13,15-18H2,1H3,(H2,25,26,27)/t19-,20?/m0/s1. The summed E-state index contributed by atoms with van der Waals surface area (Å²) in [5, 5.41) is 18.3. The van der Waals surface area contributed by atoms with E-state index < -0.39 is 26.5 Å². The number of carbonyl (C=O) groups is 1. The molecular weight excluding hydrogens is 427 g/mol. The van der Waals surface area contributed by atoms with E-state index in [0.717, 1.165) is 51.4 Å². The topological polar surface area (TPSA) is 143 Å². The van der Waals surface area contributed by atoms with Crippen molar-refractivity contribution in [3.8, 4) is 0 Å². The van der Waals surface area contributed by atoms with Crippen molar-refractivity contribution in [3.05, 3.63) is 24.3 Å². The number of allylic oxidation sites excluding steroid dienone is 2. The van der Waals surface area contributed by atoms with Crippen LogP contribution < -0.4 is 0 Å². The largest absolute Gasteiger partial charge is 0.469 e. The highest BCUT2D eigenvalue weighted by Gasteiger charge is 2.17. The Labute approximate surface area is 185 Å². The quantitative estimate of drug-likeness (QED) is 0.0516. The normalized spacial score (nSPS) is 14.4. The average Bonchev–Trinajstić information content (AvgIpc) is 2.72. The summed E-state index contributed by atoms with van der Waals surface area (Å²) < 4.78 is 19.5. The summed E-state index contributed by atoms with van der Waals surface area (Å²) in [4.78, 5) is 33.0. The first-order valence-electron chi connectivity index (χ1n) is 10.9. The minimum Gasteiger partial charge on any atom is -0.463 e. The summed E-state index contributed by atoms with van der Waals surface area (Å²) in [6.07, 6.45) is 16.2. The molecule has 9 nitrogen and oxygen atoms in total. The molecular formula is C21H39O9P. The molecule has 0 fully saturated rings. The molecule has 0 heterocycles. The van der Waals surface area contributed by atoms with Crippen LogP contribution in [0.3, 0.4) is 0 Å². The first-order valence-corrected chi connectivity index (χ1v) is 12.5. The molecule has 10 heteroatoms. The van der Waals surface area contributed by atoms with Gasteiger partial charge in [-0.2, -0.15) is 0 Å². The minimum atomic E-state index is -4.64. The molecule has 0 rings (SSSR count). The van der Waals surface area contributed by atoms with Crippen LogP contribution in [0.4, 0.5) is 0 Å². The van der Waals surface area contributed by atoms with E-state index in [-0.39, 0.29) is 19.1 Å². The van der Waals surface area contributed by atoms with Crippen molar-refractivity contribution in [2.75, 3.05) is 13.2 Å². The van der Waals surface area contributed by atoms with E-state index in [9.17, 15) is 14.5 Å². The molecule has 0 aliphatic rings. The molecule has 0 radical (unpaired) electrons. The van der Waals surface area contributed by atoms with E-state index in [1.54, 1.807) is 0 Å². The van der Waals surface area contributed by atoms with E-state index in [4.69, 9.17) is 19.8 Å². The number of hydrogen-bond acceptors (Lipinski definition) is 7. The van der Waals surface area contributed by atoms with Crippen LogP contribution in [0.5, 0.6) is 0 Å². The zero-order valence-electron chi connectivity index (χ0n) is 18.4. The van der Waals surface area contributed by atoms with E-state index in [1.807, 2.05) is 18.2 Å². The summed E-state index contributed by atoms with van der Waals surface area (Å²) in [6.45, 7) is 1.18. The van der Waals surface area contributed by atoms with Crippen molar-refractivity contribution >= 4 is 13.8 Å². The molecule has 0 amide bonds. The van der Waals surface area contributed by atoms with Crippen molar-refractivity contribution in [1.82, 2.24) is 0 Å². The molecule has 0 spiro atoms. The van der Waals surface area contributed by atoms with Crippen LogP contribution in [0.2, 0.25) is 0 Å². The maximum Gasteiger partial charge on any atom is 0.469 e. The van der Waals surface area contributed by atoms with E-state index in [2.05, 4.69) is 22.4 Å². The fraction of sp³-hybridized carbons (Fsp3) is 0.762. The van der Waals surface area contributed by atoms with Gasteiger partial charge in [-0.25, -0.2) is 9.45 Å². The number of phosphoric acid groups is 1. The van der Waals surface area contributed by atoms with Crippen LogP contribution in [-0.4, -0.2) is 51.5 Å². The Hall–Kier alpha value is -1.06. The number of aliphatic hydroxyl groups is 1. The fourth-order valence-corrected chi connectivity index (χ4v) is 3.00. The summed E-state index contributed by atoms with van der Waals surface area (Å²) >= 11 is 0. The third kappa shape index (κ3) is 21.9. The number of hydrogen-bond donors (Lipinski definition) is 4. The van der Waals surface area contributed by atoms with Gasteiger partial charge in [0.05, 0.1) is 6.61 Å². The van der Waals surface area contributed by atoms with Gasteiger partial charge in [0.15, 0.2) is 0 Å². The summed E-state index contributed by atoms with van der Waals surface area (Å²) in [7, 11) is -4.64. The van der Waals surface area contributed by atoms with Crippen molar-refractivity contribution in [1.29, 1.82) is 0 Å². The van der Waals surface area contributed by atoms with Gasteiger partial charge in [0, 0.05) is 6.42 Å². The lowest BCUT2D eigenvalue weighted by atomic mass is 10.1. The monoisotopic (exact) mass is 466 g/mol. The molecule has 0 saturated carbocycles. The minimum absolute atomic E-state index is 0.236.